The highest BCUT2D eigenvalue weighted by Gasteiger charge is 2.09. The zero-order valence-electron chi connectivity index (χ0n) is 10.8. The molecule has 3 aromatic rings. The lowest BCUT2D eigenvalue weighted by atomic mass is 10.2. The number of para-hydroxylation sites is 3. The van der Waals surface area contributed by atoms with Gasteiger partial charge in [-0.15, -0.1) is 0 Å². The number of hydrogen-bond acceptors (Lipinski definition) is 4. The molecule has 4 heteroatoms. The molecule has 100 valence electrons. The molecule has 0 N–H and O–H groups in total. The summed E-state index contributed by atoms with van der Waals surface area (Å²) in [6.07, 6.45) is 0. The minimum atomic E-state index is -0.450. The summed E-state index contributed by atoms with van der Waals surface area (Å²) in [5.41, 5.74) is 0.0403. The predicted octanol–water partition coefficient (Wildman–Crippen LogP) is 3.59. The molecule has 0 radical (unpaired) electrons. The van der Waals surface area contributed by atoms with Gasteiger partial charge in [-0.3, -0.25) is 0 Å². The van der Waals surface area contributed by atoms with Gasteiger partial charge < -0.3 is 13.9 Å². The fourth-order valence-corrected chi connectivity index (χ4v) is 1.99. The van der Waals surface area contributed by atoms with Crippen LogP contribution in [0.25, 0.3) is 11.0 Å². The van der Waals surface area contributed by atoms with Gasteiger partial charge in [-0.2, -0.15) is 0 Å². The molecule has 1 heterocycles. The van der Waals surface area contributed by atoms with E-state index in [4.69, 9.17) is 13.9 Å². The molecule has 0 aliphatic rings. The van der Waals surface area contributed by atoms with E-state index in [1.54, 1.807) is 31.4 Å². The minimum Gasteiger partial charge on any atom is -0.493 e. The van der Waals surface area contributed by atoms with E-state index in [1.165, 1.54) is 6.07 Å². The molecule has 0 amide bonds. The maximum absolute atomic E-state index is 11.6. The van der Waals surface area contributed by atoms with Crippen molar-refractivity contribution < 1.29 is 13.9 Å². The maximum Gasteiger partial charge on any atom is 0.339 e. The highest BCUT2D eigenvalue weighted by atomic mass is 16.5. The molecule has 0 bridgehead atoms. The minimum absolute atomic E-state index is 0.446. The smallest absolute Gasteiger partial charge is 0.339 e. The molecule has 0 aliphatic heterocycles. The van der Waals surface area contributed by atoms with Crippen LogP contribution in [-0.4, -0.2) is 7.11 Å². The van der Waals surface area contributed by atoms with Crippen molar-refractivity contribution in [1.29, 1.82) is 0 Å². The second-order valence-corrected chi connectivity index (χ2v) is 4.18. The van der Waals surface area contributed by atoms with Crippen molar-refractivity contribution in [3.63, 3.8) is 0 Å². The highest BCUT2D eigenvalue weighted by molar-refractivity contribution is 5.83. The summed E-state index contributed by atoms with van der Waals surface area (Å²) < 4.78 is 16.2. The van der Waals surface area contributed by atoms with E-state index in [9.17, 15) is 4.79 Å². The van der Waals surface area contributed by atoms with Crippen molar-refractivity contribution in [1.82, 2.24) is 0 Å². The molecular formula is C16H12O4. The summed E-state index contributed by atoms with van der Waals surface area (Å²) in [7, 11) is 1.57. The van der Waals surface area contributed by atoms with E-state index < -0.39 is 5.63 Å². The van der Waals surface area contributed by atoms with Gasteiger partial charge in [0.2, 0.25) is 0 Å². The Bertz CT molecular complexity index is 805. The van der Waals surface area contributed by atoms with Crippen LogP contribution in [0.4, 0.5) is 0 Å². The molecule has 0 atom stereocenters. The number of rotatable bonds is 3. The first-order valence-corrected chi connectivity index (χ1v) is 6.12. The molecule has 0 aliphatic carbocycles. The molecule has 4 nitrogen and oxygen atoms in total. The summed E-state index contributed by atoms with van der Waals surface area (Å²) in [5, 5.41) is 0.734. The summed E-state index contributed by atoms with van der Waals surface area (Å²) >= 11 is 0. The number of hydrogen-bond donors (Lipinski definition) is 0. The number of ether oxygens (including phenoxy) is 2. The van der Waals surface area contributed by atoms with E-state index >= 15 is 0 Å². The third-order valence-electron chi connectivity index (χ3n) is 2.90. The fourth-order valence-electron chi connectivity index (χ4n) is 1.99. The molecular weight excluding hydrogens is 256 g/mol. The van der Waals surface area contributed by atoms with Crippen LogP contribution >= 0.6 is 0 Å². The van der Waals surface area contributed by atoms with Gasteiger partial charge in [-0.1, -0.05) is 24.3 Å². The van der Waals surface area contributed by atoms with Gasteiger partial charge >= 0.3 is 5.63 Å². The van der Waals surface area contributed by atoms with Crippen molar-refractivity contribution in [3.05, 3.63) is 65.0 Å². The normalized spacial score (nSPS) is 10.4. The molecule has 20 heavy (non-hydrogen) atoms. The molecule has 2 aromatic carbocycles. The van der Waals surface area contributed by atoms with Crippen molar-refractivity contribution in [2.24, 2.45) is 0 Å². The van der Waals surface area contributed by atoms with Crippen LogP contribution in [0.2, 0.25) is 0 Å². The number of fused-ring (bicyclic) bond motifs is 1. The van der Waals surface area contributed by atoms with Crippen molar-refractivity contribution >= 4 is 11.0 Å². The Balaban J connectivity index is 2.13. The van der Waals surface area contributed by atoms with Crippen LogP contribution in [0.3, 0.4) is 0 Å². The van der Waals surface area contributed by atoms with Gasteiger partial charge in [-0.25, -0.2) is 4.79 Å². The molecule has 0 saturated carbocycles. The van der Waals surface area contributed by atoms with Gasteiger partial charge in [0.25, 0.3) is 0 Å². The van der Waals surface area contributed by atoms with E-state index in [0.717, 1.165) is 5.39 Å². The number of benzene rings is 2. The summed E-state index contributed by atoms with van der Waals surface area (Å²) in [6, 6.07) is 15.8. The Morgan fingerprint density at radius 3 is 2.40 bits per heavy atom. The van der Waals surface area contributed by atoms with Crippen molar-refractivity contribution in [3.8, 4) is 17.2 Å². The Hall–Kier alpha value is -2.75. The third kappa shape index (κ3) is 2.23. The van der Waals surface area contributed by atoms with Crippen LogP contribution < -0.4 is 15.1 Å². The van der Waals surface area contributed by atoms with Crippen molar-refractivity contribution in [2.45, 2.75) is 0 Å². The van der Waals surface area contributed by atoms with Gasteiger partial charge in [0, 0.05) is 0 Å². The van der Waals surface area contributed by atoms with E-state index in [1.807, 2.05) is 24.3 Å². The van der Waals surface area contributed by atoms with Gasteiger partial charge in [0.1, 0.15) is 11.3 Å². The van der Waals surface area contributed by atoms with Gasteiger partial charge in [0.05, 0.1) is 18.6 Å². The van der Waals surface area contributed by atoms with Crippen LogP contribution in [-0.2, 0) is 0 Å². The molecule has 1 aromatic heterocycles. The number of methoxy groups -OCH3 is 1. The second-order valence-electron chi connectivity index (χ2n) is 4.18. The first kappa shape index (κ1) is 12.3. The third-order valence-corrected chi connectivity index (χ3v) is 2.90. The maximum atomic E-state index is 11.6. The predicted molar refractivity (Wildman–Crippen MR) is 75.6 cm³/mol. The Kier molecular flexibility index (Phi) is 3.13. The molecule has 0 saturated heterocycles. The lowest BCUT2D eigenvalue weighted by Crippen LogP contribution is -1.99. The topological polar surface area (TPSA) is 48.7 Å². The van der Waals surface area contributed by atoms with Gasteiger partial charge in [-0.05, 0) is 24.3 Å². The Morgan fingerprint density at radius 2 is 1.60 bits per heavy atom. The van der Waals surface area contributed by atoms with E-state index in [2.05, 4.69) is 0 Å². The van der Waals surface area contributed by atoms with Crippen molar-refractivity contribution in [2.75, 3.05) is 7.11 Å². The van der Waals surface area contributed by atoms with Crippen LogP contribution in [0.1, 0.15) is 0 Å². The van der Waals surface area contributed by atoms with Crippen LogP contribution in [0, 0.1) is 0 Å². The lowest BCUT2D eigenvalue weighted by Gasteiger charge is -2.11. The summed E-state index contributed by atoms with van der Waals surface area (Å²) in [5.74, 6) is 1.59. The zero-order valence-corrected chi connectivity index (χ0v) is 10.8. The standard InChI is InChI=1S/C16H12O4/c1-18-13-8-4-5-9-14(13)19-15-10-16(17)20-12-7-3-2-6-11(12)15/h2-10H,1H3. The molecule has 0 spiro atoms. The summed E-state index contributed by atoms with van der Waals surface area (Å²) in [4.78, 5) is 11.6. The first-order valence-electron chi connectivity index (χ1n) is 6.12. The SMILES string of the molecule is COc1ccccc1Oc1cc(=O)oc2ccccc12. The molecule has 3 rings (SSSR count). The van der Waals surface area contributed by atoms with Crippen LogP contribution in [0.15, 0.2) is 63.8 Å². The molecule has 0 fully saturated rings. The average Bonchev–Trinajstić information content (AvgIpc) is 2.47. The second kappa shape index (κ2) is 5.09. The first-order chi connectivity index (χ1) is 9.78. The monoisotopic (exact) mass is 268 g/mol. The summed E-state index contributed by atoms with van der Waals surface area (Å²) in [6.45, 7) is 0. The largest absolute Gasteiger partial charge is 0.493 e. The fraction of sp³-hybridized carbons (Fsp3) is 0.0625. The lowest BCUT2D eigenvalue weighted by molar-refractivity contribution is 0.379. The molecule has 0 unspecified atom stereocenters. The zero-order chi connectivity index (χ0) is 13.9. The average molecular weight is 268 g/mol. The van der Waals surface area contributed by atoms with E-state index in [0.29, 0.717) is 22.8 Å². The van der Waals surface area contributed by atoms with E-state index in [-0.39, 0.29) is 0 Å². The Labute approximate surface area is 115 Å². The quantitative estimate of drug-likeness (QED) is 0.681. The Morgan fingerprint density at radius 1 is 0.900 bits per heavy atom. The van der Waals surface area contributed by atoms with Gasteiger partial charge in [0.15, 0.2) is 11.5 Å². The van der Waals surface area contributed by atoms with Crippen LogP contribution in [0.5, 0.6) is 17.2 Å². The highest BCUT2D eigenvalue weighted by Crippen LogP contribution is 2.33.